The third kappa shape index (κ3) is 11.1. The number of rotatable bonds is 22. The number of nitrogens with one attached hydrogen (secondary N) is 2. The van der Waals surface area contributed by atoms with Crippen LogP contribution in [0, 0.1) is 11.6 Å². The first-order chi connectivity index (χ1) is 28.9. The van der Waals surface area contributed by atoms with Gasteiger partial charge in [0.15, 0.2) is 8.32 Å². The van der Waals surface area contributed by atoms with Crippen molar-refractivity contribution >= 4 is 26.0 Å². The molecule has 0 bridgehead atoms. The van der Waals surface area contributed by atoms with Gasteiger partial charge in [-0.2, -0.15) is 74.6 Å². The number of ether oxygens (including phenoxy) is 2. The van der Waals surface area contributed by atoms with Crippen LogP contribution in [0.3, 0.4) is 0 Å². The first-order valence-corrected chi connectivity index (χ1v) is 20.3. The monoisotopic (exact) mass is 982 g/mol. The molecule has 0 saturated carbocycles. The molecule has 2 aromatic carbocycles. The number of benzene rings is 2. The summed E-state index contributed by atoms with van der Waals surface area (Å²) in [5.41, 5.74) is -0.833. The number of hydroxylamine groups is 1. The smallest absolute Gasteiger partial charge is 0.460 e. The minimum Gasteiger partial charge on any atom is -0.491 e. The SMILES string of the molecule is CC(C)[Si](CCC(F)(F)C(F)(F)C(F)(F)C(F)(F)C(F)(F)C(F)(F)C(F)(F)C(F)(F)F)(OCCOc1ccc([C@@H](C/C=C/C(=O)NO)OC(=O)Nc2ccc(F)cc2F)cc1)C(C)C. The molecule has 0 saturated heterocycles. The Hall–Kier alpha value is -4.47. The molecule has 0 aromatic heterocycles. The normalized spacial score (nSPS) is 14.6. The number of carbonyl (C=O) groups is 2. The summed E-state index contributed by atoms with van der Waals surface area (Å²) in [4.78, 5) is 23.9. The Labute approximate surface area is 351 Å². The van der Waals surface area contributed by atoms with Crippen molar-refractivity contribution in [2.75, 3.05) is 18.5 Å². The lowest BCUT2D eigenvalue weighted by molar-refractivity contribution is -0.461. The van der Waals surface area contributed by atoms with Gasteiger partial charge in [0, 0.05) is 25.0 Å². The van der Waals surface area contributed by atoms with E-state index in [4.69, 9.17) is 19.1 Å². The molecule has 8 nitrogen and oxygen atoms in total. The highest BCUT2D eigenvalue weighted by molar-refractivity contribution is 6.76. The van der Waals surface area contributed by atoms with E-state index < -0.39 is 128 Å². The van der Waals surface area contributed by atoms with Crippen LogP contribution in [0.25, 0.3) is 0 Å². The maximum atomic E-state index is 14.9. The van der Waals surface area contributed by atoms with Crippen LogP contribution >= 0.6 is 0 Å². The van der Waals surface area contributed by atoms with Crippen LogP contribution < -0.4 is 15.5 Å². The Morgan fingerprint density at radius 3 is 1.67 bits per heavy atom. The molecule has 64 heavy (non-hydrogen) atoms. The van der Waals surface area contributed by atoms with Gasteiger partial charge in [0.05, 0.1) is 12.3 Å². The molecule has 0 radical (unpaired) electrons. The molecule has 2 rings (SSSR count). The molecule has 0 heterocycles. The fraction of sp³-hybridized carbons (Fsp3) is 0.556. The third-order valence-corrected chi connectivity index (χ3v) is 15.4. The van der Waals surface area contributed by atoms with E-state index in [2.05, 4.69) is 0 Å². The Morgan fingerprint density at radius 1 is 0.703 bits per heavy atom. The highest BCUT2D eigenvalue weighted by Crippen LogP contribution is 2.64. The van der Waals surface area contributed by atoms with Crippen LogP contribution in [-0.2, 0) is 14.0 Å². The number of amides is 2. The van der Waals surface area contributed by atoms with Crippen molar-refractivity contribution in [3.63, 3.8) is 0 Å². The van der Waals surface area contributed by atoms with Crippen molar-refractivity contribution in [2.24, 2.45) is 0 Å². The van der Waals surface area contributed by atoms with Crippen molar-refractivity contribution in [3.05, 3.63) is 71.8 Å². The number of anilines is 1. The minimum absolute atomic E-state index is 0.00482. The number of alkyl halides is 17. The summed E-state index contributed by atoms with van der Waals surface area (Å²) in [7, 11) is -4.06. The first-order valence-electron chi connectivity index (χ1n) is 18.0. The average molecular weight is 983 g/mol. The highest BCUT2D eigenvalue weighted by Gasteiger charge is 2.95. The number of halogens is 19. The molecule has 0 aliphatic heterocycles. The van der Waals surface area contributed by atoms with Gasteiger partial charge in [0.2, 0.25) is 0 Å². The molecule has 0 unspecified atom stereocenters. The van der Waals surface area contributed by atoms with Crippen molar-refractivity contribution in [1.82, 2.24) is 5.48 Å². The maximum absolute atomic E-state index is 14.9. The van der Waals surface area contributed by atoms with Gasteiger partial charge >= 0.3 is 53.7 Å². The zero-order valence-electron chi connectivity index (χ0n) is 33.1. The molecule has 0 fully saturated rings. The van der Waals surface area contributed by atoms with E-state index in [9.17, 15) is 93.0 Å². The van der Waals surface area contributed by atoms with Gasteiger partial charge in [-0.1, -0.05) is 45.9 Å². The zero-order valence-corrected chi connectivity index (χ0v) is 34.1. The van der Waals surface area contributed by atoms with E-state index in [1.807, 2.05) is 5.32 Å². The van der Waals surface area contributed by atoms with Gasteiger partial charge in [0.1, 0.15) is 30.1 Å². The minimum atomic E-state index is -8.72. The lowest BCUT2D eigenvalue weighted by Crippen LogP contribution is -2.74. The molecule has 2 aromatic rings. The molecular weight excluding hydrogens is 945 g/mol. The largest absolute Gasteiger partial charge is 0.491 e. The van der Waals surface area contributed by atoms with E-state index in [0.717, 1.165) is 24.3 Å². The Morgan fingerprint density at radius 2 is 1.20 bits per heavy atom. The summed E-state index contributed by atoms with van der Waals surface area (Å²) in [6.45, 7) is 3.99. The third-order valence-electron chi connectivity index (χ3n) is 9.69. The van der Waals surface area contributed by atoms with E-state index in [-0.39, 0.29) is 17.7 Å². The van der Waals surface area contributed by atoms with Gasteiger partial charge in [-0.05, 0) is 47.0 Å². The predicted octanol–water partition coefficient (Wildman–Crippen LogP) is 12.3. The molecule has 1 atom stereocenters. The van der Waals surface area contributed by atoms with Crippen LogP contribution in [0.5, 0.6) is 5.75 Å². The summed E-state index contributed by atoms with van der Waals surface area (Å²) < 4.78 is 279. The highest BCUT2D eigenvalue weighted by atomic mass is 28.4. The van der Waals surface area contributed by atoms with Gasteiger partial charge in [-0.3, -0.25) is 15.3 Å². The second kappa shape index (κ2) is 20.0. The lowest BCUT2D eigenvalue weighted by Gasteiger charge is -2.44. The van der Waals surface area contributed by atoms with E-state index in [1.165, 1.54) is 57.4 Å². The Bertz CT molecular complexity index is 1920. The van der Waals surface area contributed by atoms with Crippen LogP contribution in [0.2, 0.25) is 17.1 Å². The number of hydrogen-bond acceptors (Lipinski definition) is 6. The quantitative estimate of drug-likeness (QED) is 0.0271. The summed E-state index contributed by atoms with van der Waals surface area (Å²) in [6.07, 6.45) is -11.2. The molecule has 2 amide bonds. The summed E-state index contributed by atoms with van der Waals surface area (Å²) >= 11 is 0. The fourth-order valence-electron chi connectivity index (χ4n) is 5.97. The summed E-state index contributed by atoms with van der Waals surface area (Å²) in [5, 5.41) is 10.7. The number of hydrogen-bond donors (Lipinski definition) is 3. The van der Waals surface area contributed by atoms with Gasteiger partial charge in [-0.15, -0.1) is 0 Å². The van der Waals surface area contributed by atoms with E-state index in [1.54, 1.807) is 0 Å². The summed E-state index contributed by atoms with van der Waals surface area (Å²) in [5.74, 6) is -60.1. The topological polar surface area (TPSA) is 106 Å². The van der Waals surface area contributed by atoms with Crippen molar-refractivity contribution in [2.45, 2.75) is 111 Å². The second-order valence-corrected chi connectivity index (χ2v) is 19.4. The fourth-order valence-corrected chi connectivity index (χ4v) is 10.4. The van der Waals surface area contributed by atoms with Crippen molar-refractivity contribution in [3.8, 4) is 5.75 Å². The van der Waals surface area contributed by atoms with Gasteiger partial charge < -0.3 is 13.9 Å². The molecule has 28 heteroatoms. The van der Waals surface area contributed by atoms with E-state index >= 15 is 0 Å². The van der Waals surface area contributed by atoms with Crippen molar-refractivity contribution < 1.29 is 112 Å². The standard InChI is InChI=1S/C36H37F19N2O6Si/c1-19(2)64(20(3)4,17-14-29(39,40)30(41,42)31(43,44)32(45,46)33(47,48)34(49,50)35(51,52)36(53,54)55)62-16-15-61-23-11-8-21(9-12-23)26(6-5-7-27(58)57-60)63-28(59)56-25-13-10-22(37)18-24(25)38/h5,7-13,18-20,26,60H,6,14-17H2,1-4H3,(H,56,59)(H,57,58)/b7-5+/t26-/m1/s1. The van der Waals surface area contributed by atoms with Crippen LogP contribution in [0.1, 0.15) is 52.2 Å². The lowest BCUT2D eigenvalue weighted by atomic mass is 9.88. The van der Waals surface area contributed by atoms with Crippen molar-refractivity contribution in [1.29, 1.82) is 0 Å². The molecule has 0 spiro atoms. The second-order valence-electron chi connectivity index (χ2n) is 14.4. The Kier molecular flexibility index (Phi) is 17.4. The average Bonchev–Trinajstić information content (AvgIpc) is 3.17. The van der Waals surface area contributed by atoms with Crippen LogP contribution in [0.15, 0.2) is 54.6 Å². The summed E-state index contributed by atoms with van der Waals surface area (Å²) in [6, 6.07) is 5.93. The molecule has 364 valence electrons. The number of carbonyl (C=O) groups excluding carboxylic acids is 2. The van der Waals surface area contributed by atoms with E-state index in [0.29, 0.717) is 6.07 Å². The Balaban J connectivity index is 2.27. The van der Waals surface area contributed by atoms with Crippen LogP contribution in [-0.4, -0.2) is 86.4 Å². The molecular formula is C36H37F19N2O6Si. The van der Waals surface area contributed by atoms with Crippen LogP contribution in [0.4, 0.5) is 93.9 Å². The predicted molar refractivity (Wildman–Crippen MR) is 187 cm³/mol. The molecule has 0 aliphatic rings. The molecule has 0 aliphatic carbocycles. The molecule has 3 N–H and O–H groups in total. The maximum Gasteiger partial charge on any atom is 0.460 e. The first kappa shape index (κ1) is 55.7. The zero-order chi connectivity index (χ0) is 49.7. The van der Waals surface area contributed by atoms with Gasteiger partial charge in [0.25, 0.3) is 5.91 Å². The van der Waals surface area contributed by atoms with Gasteiger partial charge in [-0.25, -0.2) is 19.1 Å².